The van der Waals surface area contributed by atoms with Crippen molar-refractivity contribution in [2.24, 2.45) is 0 Å². The van der Waals surface area contributed by atoms with Crippen molar-refractivity contribution < 1.29 is 0 Å². The summed E-state index contributed by atoms with van der Waals surface area (Å²) < 4.78 is 0.803. The van der Waals surface area contributed by atoms with E-state index in [-0.39, 0.29) is 0 Å². The maximum Gasteiger partial charge on any atom is 0.130 e. The molecular formula is C12H11BrClN3S. The zero-order chi connectivity index (χ0) is 13.0. The first kappa shape index (κ1) is 13.8. The van der Waals surface area contributed by atoms with Crippen molar-refractivity contribution >= 4 is 39.3 Å². The Morgan fingerprint density at radius 2 is 2.11 bits per heavy atom. The van der Waals surface area contributed by atoms with Crippen molar-refractivity contribution in [1.82, 2.24) is 15.0 Å². The minimum absolute atomic E-state index is 0.634. The molecule has 0 unspecified atom stereocenters. The van der Waals surface area contributed by atoms with Gasteiger partial charge >= 0.3 is 0 Å². The van der Waals surface area contributed by atoms with Crippen LogP contribution in [0.2, 0.25) is 5.02 Å². The summed E-state index contributed by atoms with van der Waals surface area (Å²) in [6, 6.07) is 5.59. The summed E-state index contributed by atoms with van der Waals surface area (Å²) in [6.07, 6.45) is 3.54. The molecule has 0 atom stereocenters. The Balaban J connectivity index is 2.20. The van der Waals surface area contributed by atoms with Gasteiger partial charge in [0.05, 0.1) is 5.02 Å². The van der Waals surface area contributed by atoms with E-state index in [1.165, 1.54) is 11.8 Å². The van der Waals surface area contributed by atoms with Gasteiger partial charge in [0, 0.05) is 18.7 Å². The van der Waals surface area contributed by atoms with Crippen molar-refractivity contribution in [3.63, 3.8) is 0 Å². The second kappa shape index (κ2) is 6.50. The average molecular weight is 345 g/mol. The summed E-state index contributed by atoms with van der Waals surface area (Å²) in [5.74, 6) is 0.850. The monoisotopic (exact) mass is 343 g/mol. The molecule has 0 N–H and O–H groups in total. The molecule has 0 aliphatic carbocycles. The van der Waals surface area contributed by atoms with E-state index in [0.29, 0.717) is 5.02 Å². The molecule has 0 bridgehead atoms. The summed E-state index contributed by atoms with van der Waals surface area (Å²) >= 11 is 10.7. The molecule has 0 spiro atoms. The molecule has 18 heavy (non-hydrogen) atoms. The number of hydrogen-bond acceptors (Lipinski definition) is 4. The molecule has 0 radical (unpaired) electrons. The number of halogens is 2. The molecule has 2 rings (SSSR count). The van der Waals surface area contributed by atoms with Crippen molar-refractivity contribution in [3.8, 4) is 0 Å². The molecule has 94 valence electrons. The fourth-order valence-corrected chi connectivity index (χ4v) is 2.82. The molecule has 0 aliphatic heterocycles. The fourth-order valence-electron chi connectivity index (χ4n) is 1.36. The van der Waals surface area contributed by atoms with E-state index in [2.05, 4.69) is 37.8 Å². The van der Waals surface area contributed by atoms with Crippen LogP contribution >= 0.6 is 39.3 Å². The number of aromatic nitrogens is 3. The van der Waals surface area contributed by atoms with Crippen LogP contribution in [0, 0.1) is 0 Å². The minimum Gasteiger partial charge on any atom is -0.248 e. The zero-order valence-electron chi connectivity index (χ0n) is 9.73. The largest absolute Gasteiger partial charge is 0.248 e. The summed E-state index contributed by atoms with van der Waals surface area (Å²) in [4.78, 5) is 13.1. The molecule has 0 saturated heterocycles. The molecule has 6 heteroatoms. The van der Waals surface area contributed by atoms with Gasteiger partial charge in [0.15, 0.2) is 0 Å². The van der Waals surface area contributed by atoms with Crippen LogP contribution < -0.4 is 0 Å². The third-order valence-corrected chi connectivity index (χ3v) is 3.60. The topological polar surface area (TPSA) is 38.7 Å². The van der Waals surface area contributed by atoms with Crippen LogP contribution in [0.25, 0.3) is 0 Å². The van der Waals surface area contributed by atoms with E-state index < -0.39 is 0 Å². The van der Waals surface area contributed by atoms with Gasteiger partial charge in [-0.05, 0) is 46.2 Å². The molecule has 0 fully saturated rings. The van der Waals surface area contributed by atoms with E-state index in [4.69, 9.17) is 11.6 Å². The van der Waals surface area contributed by atoms with Gasteiger partial charge in [-0.2, -0.15) is 0 Å². The highest BCUT2D eigenvalue weighted by molar-refractivity contribution is 9.10. The van der Waals surface area contributed by atoms with Gasteiger partial charge in [-0.25, -0.2) is 15.0 Å². The van der Waals surface area contributed by atoms with Gasteiger partial charge in [-0.3, -0.25) is 0 Å². The second-order valence-electron chi connectivity index (χ2n) is 3.61. The lowest BCUT2D eigenvalue weighted by atomic mass is 10.3. The Bertz CT molecular complexity index is 533. The first-order valence-electron chi connectivity index (χ1n) is 5.50. The second-order valence-corrected chi connectivity index (χ2v) is 5.90. The maximum absolute atomic E-state index is 5.80. The molecule has 0 aliphatic rings. The van der Waals surface area contributed by atoms with Gasteiger partial charge in [0.2, 0.25) is 0 Å². The normalized spacial score (nSPS) is 10.6. The number of rotatable bonds is 4. The quantitative estimate of drug-likeness (QED) is 0.771. The number of hydrogen-bond donors (Lipinski definition) is 0. The fraction of sp³-hybridized carbons (Fsp3) is 0.250. The first-order valence-corrected chi connectivity index (χ1v) is 7.49. The minimum atomic E-state index is 0.634. The summed E-state index contributed by atoms with van der Waals surface area (Å²) in [7, 11) is 0. The predicted molar refractivity (Wildman–Crippen MR) is 77.1 cm³/mol. The lowest BCUT2D eigenvalue weighted by Crippen LogP contribution is -1.96. The Morgan fingerprint density at radius 3 is 2.78 bits per heavy atom. The van der Waals surface area contributed by atoms with Crippen LogP contribution in [0.1, 0.15) is 19.2 Å². The Kier molecular flexibility index (Phi) is 4.97. The molecule has 0 aromatic carbocycles. The standard InChI is InChI=1S/C12H11BrClN3S/c1-2-3-10-16-9(13)6-12(17-10)18-11-5-4-8(14)7-15-11/h4-7H,2-3H2,1H3. The molecule has 0 saturated carbocycles. The number of aryl methyl sites for hydroxylation is 1. The van der Waals surface area contributed by atoms with Gasteiger partial charge in [-0.1, -0.05) is 18.5 Å². The summed E-state index contributed by atoms with van der Waals surface area (Å²) in [5, 5.41) is 2.39. The van der Waals surface area contributed by atoms with Crippen molar-refractivity contribution in [3.05, 3.63) is 39.8 Å². The zero-order valence-corrected chi connectivity index (χ0v) is 12.9. The highest BCUT2D eigenvalue weighted by Crippen LogP contribution is 2.26. The molecule has 2 aromatic heterocycles. The van der Waals surface area contributed by atoms with E-state index in [9.17, 15) is 0 Å². The predicted octanol–water partition coefficient (Wildman–Crippen LogP) is 4.39. The highest BCUT2D eigenvalue weighted by Gasteiger charge is 2.05. The van der Waals surface area contributed by atoms with E-state index in [0.717, 1.165) is 33.3 Å². The molecule has 0 amide bonds. The van der Waals surface area contributed by atoms with Gasteiger partial charge in [-0.15, -0.1) is 0 Å². The third kappa shape index (κ3) is 3.93. The Morgan fingerprint density at radius 1 is 1.28 bits per heavy atom. The molecule has 2 aromatic rings. The van der Waals surface area contributed by atoms with Crippen LogP contribution in [0.5, 0.6) is 0 Å². The lowest BCUT2D eigenvalue weighted by Gasteiger charge is -2.04. The van der Waals surface area contributed by atoms with Gasteiger partial charge in [0.25, 0.3) is 0 Å². The van der Waals surface area contributed by atoms with E-state index >= 15 is 0 Å². The maximum atomic E-state index is 5.80. The first-order chi connectivity index (χ1) is 8.67. The SMILES string of the molecule is CCCc1nc(Br)cc(Sc2ccc(Cl)cn2)n1. The Hall–Kier alpha value is -0.650. The van der Waals surface area contributed by atoms with Crippen molar-refractivity contribution in [2.75, 3.05) is 0 Å². The van der Waals surface area contributed by atoms with Crippen LogP contribution in [-0.4, -0.2) is 15.0 Å². The smallest absolute Gasteiger partial charge is 0.130 e. The third-order valence-electron chi connectivity index (χ3n) is 2.10. The molecule has 3 nitrogen and oxygen atoms in total. The lowest BCUT2D eigenvalue weighted by molar-refractivity contribution is 0.802. The van der Waals surface area contributed by atoms with Crippen molar-refractivity contribution in [2.45, 2.75) is 29.8 Å². The van der Waals surface area contributed by atoms with Gasteiger partial charge < -0.3 is 0 Å². The van der Waals surface area contributed by atoms with Crippen LogP contribution in [0.4, 0.5) is 0 Å². The molecule has 2 heterocycles. The van der Waals surface area contributed by atoms with E-state index in [1.54, 1.807) is 6.20 Å². The van der Waals surface area contributed by atoms with E-state index in [1.807, 2.05) is 18.2 Å². The Labute approximate surface area is 124 Å². The molecular weight excluding hydrogens is 334 g/mol. The van der Waals surface area contributed by atoms with Gasteiger partial charge in [0.1, 0.15) is 20.5 Å². The van der Waals surface area contributed by atoms with Crippen molar-refractivity contribution in [1.29, 1.82) is 0 Å². The number of nitrogens with zero attached hydrogens (tertiary/aromatic N) is 3. The van der Waals surface area contributed by atoms with Crippen LogP contribution in [0.3, 0.4) is 0 Å². The highest BCUT2D eigenvalue weighted by atomic mass is 79.9. The van der Waals surface area contributed by atoms with Crippen LogP contribution in [0.15, 0.2) is 39.1 Å². The average Bonchev–Trinajstić information content (AvgIpc) is 2.32. The number of pyridine rings is 1. The summed E-state index contributed by atoms with van der Waals surface area (Å²) in [6.45, 7) is 2.11. The van der Waals surface area contributed by atoms with Crippen LogP contribution in [-0.2, 0) is 6.42 Å². The summed E-state index contributed by atoms with van der Waals surface area (Å²) in [5.41, 5.74) is 0.